The fourth-order valence-electron chi connectivity index (χ4n) is 0.776. The molecule has 68 valence electrons. The van der Waals surface area contributed by atoms with Gasteiger partial charge in [0.05, 0.1) is 6.08 Å². The zero-order valence-corrected chi connectivity index (χ0v) is 6.81. The van der Waals surface area contributed by atoms with E-state index in [0.717, 1.165) is 6.08 Å². The molecule has 0 aliphatic rings. The molecule has 0 aliphatic carbocycles. The van der Waals surface area contributed by atoms with E-state index in [1.807, 2.05) is 6.07 Å². The van der Waals surface area contributed by atoms with Crippen LogP contribution in [0.5, 0.6) is 5.75 Å². The van der Waals surface area contributed by atoms with Gasteiger partial charge in [-0.25, -0.2) is 4.79 Å². The van der Waals surface area contributed by atoms with Gasteiger partial charge in [0.2, 0.25) is 0 Å². The van der Waals surface area contributed by atoms with Gasteiger partial charge < -0.3 is 15.6 Å². The average molecular weight is 179 g/mol. The van der Waals surface area contributed by atoms with Crippen LogP contribution in [-0.2, 0) is 4.79 Å². The van der Waals surface area contributed by atoms with Crippen molar-refractivity contribution in [3.63, 3.8) is 0 Å². The van der Waals surface area contributed by atoms with Gasteiger partial charge in [-0.2, -0.15) is 0 Å². The lowest BCUT2D eigenvalue weighted by Crippen LogP contribution is -2.08. The molecular weight excluding hydrogens is 170 g/mol. The standard InChI is InChI=1S/C9H9NO3/c10-8(6-9(11)12)13-7-4-2-1-3-5-7/h1-6H,10H2,(H,11,12)/b8-6-. The van der Waals surface area contributed by atoms with Crippen LogP contribution >= 0.6 is 0 Å². The Labute approximate surface area is 75.2 Å². The van der Waals surface area contributed by atoms with Crippen LogP contribution in [0.25, 0.3) is 0 Å². The Kier molecular flexibility index (Phi) is 2.92. The molecule has 0 aliphatic heterocycles. The van der Waals surface area contributed by atoms with Crippen molar-refractivity contribution in [3.05, 3.63) is 42.3 Å². The summed E-state index contributed by atoms with van der Waals surface area (Å²) in [7, 11) is 0. The van der Waals surface area contributed by atoms with E-state index in [2.05, 4.69) is 0 Å². The monoisotopic (exact) mass is 179 g/mol. The molecule has 0 atom stereocenters. The van der Waals surface area contributed by atoms with Crippen molar-refractivity contribution in [1.29, 1.82) is 0 Å². The van der Waals surface area contributed by atoms with Gasteiger partial charge in [-0.3, -0.25) is 0 Å². The molecule has 3 N–H and O–H groups in total. The van der Waals surface area contributed by atoms with Crippen LogP contribution in [0.1, 0.15) is 0 Å². The summed E-state index contributed by atoms with van der Waals surface area (Å²) in [5.74, 6) is -0.760. The number of para-hydroxylation sites is 1. The number of benzene rings is 1. The molecule has 0 radical (unpaired) electrons. The highest BCUT2D eigenvalue weighted by Crippen LogP contribution is 2.09. The van der Waals surface area contributed by atoms with Gasteiger partial charge in [-0.05, 0) is 12.1 Å². The number of carboxylic acids is 1. The number of rotatable bonds is 3. The van der Waals surface area contributed by atoms with Crippen LogP contribution in [0.15, 0.2) is 42.3 Å². The van der Waals surface area contributed by atoms with Crippen molar-refractivity contribution in [3.8, 4) is 5.75 Å². The maximum atomic E-state index is 10.2. The quantitative estimate of drug-likeness (QED) is 0.535. The first-order valence-corrected chi connectivity index (χ1v) is 3.61. The van der Waals surface area contributed by atoms with Crippen molar-refractivity contribution >= 4 is 5.97 Å². The number of hydrogen-bond acceptors (Lipinski definition) is 3. The summed E-state index contributed by atoms with van der Waals surface area (Å²) in [6, 6.07) is 8.72. The molecule has 0 saturated carbocycles. The van der Waals surface area contributed by atoms with Crippen LogP contribution in [0.4, 0.5) is 0 Å². The van der Waals surface area contributed by atoms with Crippen LogP contribution in [-0.4, -0.2) is 11.1 Å². The summed E-state index contributed by atoms with van der Waals surface area (Å²) in [4.78, 5) is 10.2. The largest absolute Gasteiger partial charge is 0.478 e. The van der Waals surface area contributed by atoms with Gasteiger partial charge in [-0.1, -0.05) is 18.2 Å². The summed E-state index contributed by atoms with van der Waals surface area (Å²) >= 11 is 0. The smallest absolute Gasteiger partial charge is 0.333 e. The highest BCUT2D eigenvalue weighted by atomic mass is 16.5. The first-order valence-electron chi connectivity index (χ1n) is 3.61. The third-order valence-electron chi connectivity index (χ3n) is 1.24. The Bertz CT molecular complexity index is 319. The fraction of sp³-hybridized carbons (Fsp3) is 0. The Morgan fingerprint density at radius 2 is 2.00 bits per heavy atom. The highest BCUT2D eigenvalue weighted by Gasteiger charge is 1.97. The molecule has 0 bridgehead atoms. The maximum absolute atomic E-state index is 10.2. The second-order valence-electron chi connectivity index (χ2n) is 2.30. The zero-order chi connectivity index (χ0) is 9.68. The van der Waals surface area contributed by atoms with Gasteiger partial charge in [0.1, 0.15) is 5.75 Å². The van der Waals surface area contributed by atoms with E-state index in [1.54, 1.807) is 24.3 Å². The first-order chi connectivity index (χ1) is 6.18. The van der Waals surface area contributed by atoms with E-state index in [1.165, 1.54) is 0 Å². The third kappa shape index (κ3) is 3.29. The van der Waals surface area contributed by atoms with Crippen LogP contribution in [0.2, 0.25) is 0 Å². The van der Waals surface area contributed by atoms with Gasteiger partial charge in [-0.15, -0.1) is 0 Å². The summed E-state index contributed by atoms with van der Waals surface area (Å²) in [5.41, 5.74) is 5.26. The molecule has 0 unspecified atom stereocenters. The molecular formula is C9H9NO3. The lowest BCUT2D eigenvalue weighted by Gasteiger charge is -2.02. The molecule has 0 spiro atoms. The molecule has 0 aromatic heterocycles. The van der Waals surface area contributed by atoms with E-state index >= 15 is 0 Å². The van der Waals surface area contributed by atoms with Gasteiger partial charge in [0.25, 0.3) is 0 Å². The molecule has 0 heterocycles. The van der Waals surface area contributed by atoms with Crippen molar-refractivity contribution in [2.45, 2.75) is 0 Å². The predicted octanol–water partition coefficient (Wildman–Crippen LogP) is 0.950. The summed E-state index contributed by atoms with van der Waals surface area (Å²) in [5, 5.41) is 8.33. The van der Waals surface area contributed by atoms with E-state index < -0.39 is 5.97 Å². The zero-order valence-electron chi connectivity index (χ0n) is 6.81. The van der Waals surface area contributed by atoms with E-state index in [0.29, 0.717) is 5.75 Å². The minimum absolute atomic E-state index is 0.140. The first kappa shape index (κ1) is 9.12. The number of carbonyl (C=O) groups is 1. The minimum atomic E-state index is -1.13. The molecule has 1 aromatic rings. The molecule has 1 rings (SSSR count). The molecule has 4 heteroatoms. The van der Waals surface area contributed by atoms with Crippen molar-refractivity contribution in [2.75, 3.05) is 0 Å². The third-order valence-corrected chi connectivity index (χ3v) is 1.24. The maximum Gasteiger partial charge on any atom is 0.333 e. The Morgan fingerprint density at radius 3 is 2.54 bits per heavy atom. The van der Waals surface area contributed by atoms with E-state index in [9.17, 15) is 4.79 Å². The number of hydrogen-bond donors (Lipinski definition) is 2. The predicted molar refractivity (Wildman–Crippen MR) is 47.0 cm³/mol. The average Bonchev–Trinajstić information content (AvgIpc) is 2.04. The number of carboxylic acid groups (broad SMARTS) is 1. The second kappa shape index (κ2) is 4.15. The van der Waals surface area contributed by atoms with Gasteiger partial charge >= 0.3 is 5.97 Å². The van der Waals surface area contributed by atoms with Gasteiger partial charge in [0, 0.05) is 0 Å². The minimum Gasteiger partial charge on any atom is -0.478 e. The van der Waals surface area contributed by atoms with Crippen LogP contribution < -0.4 is 10.5 Å². The van der Waals surface area contributed by atoms with Crippen LogP contribution in [0.3, 0.4) is 0 Å². The Morgan fingerprint density at radius 1 is 1.38 bits per heavy atom. The topological polar surface area (TPSA) is 72.6 Å². The highest BCUT2D eigenvalue weighted by molar-refractivity contribution is 5.80. The van der Waals surface area contributed by atoms with Crippen LogP contribution in [0, 0.1) is 0 Å². The molecule has 1 aromatic carbocycles. The molecule has 0 saturated heterocycles. The second-order valence-corrected chi connectivity index (χ2v) is 2.30. The van der Waals surface area contributed by atoms with Crippen molar-refractivity contribution in [2.24, 2.45) is 5.73 Å². The van der Waals surface area contributed by atoms with Gasteiger partial charge in [0.15, 0.2) is 5.88 Å². The molecule has 13 heavy (non-hydrogen) atoms. The Hall–Kier alpha value is -1.97. The summed E-state index contributed by atoms with van der Waals surface area (Å²) < 4.78 is 4.98. The number of aliphatic carboxylic acids is 1. The molecule has 0 fully saturated rings. The fourth-order valence-corrected chi connectivity index (χ4v) is 0.776. The van der Waals surface area contributed by atoms with Crippen molar-refractivity contribution < 1.29 is 14.6 Å². The summed E-state index contributed by atoms with van der Waals surface area (Å²) in [6.45, 7) is 0. The Balaban J connectivity index is 2.65. The normalized spacial score (nSPS) is 10.9. The van der Waals surface area contributed by atoms with E-state index in [4.69, 9.17) is 15.6 Å². The lowest BCUT2D eigenvalue weighted by atomic mass is 10.3. The molecule has 4 nitrogen and oxygen atoms in total. The number of nitrogens with two attached hydrogens (primary N) is 1. The molecule has 0 amide bonds. The number of ether oxygens (including phenoxy) is 1. The lowest BCUT2D eigenvalue weighted by molar-refractivity contribution is -0.131. The summed E-state index contributed by atoms with van der Waals surface area (Å²) in [6.07, 6.45) is 0.799. The SMILES string of the molecule is N/C(=C/C(=O)O)Oc1ccccc1. The van der Waals surface area contributed by atoms with E-state index in [-0.39, 0.29) is 5.88 Å². The van der Waals surface area contributed by atoms with Crippen molar-refractivity contribution in [1.82, 2.24) is 0 Å².